The Kier molecular flexibility index (Phi) is 5.55. The molecule has 3 rings (SSSR count). The van der Waals surface area contributed by atoms with E-state index in [0.717, 1.165) is 25.0 Å². The second-order valence-corrected chi connectivity index (χ2v) is 7.94. The van der Waals surface area contributed by atoms with Gasteiger partial charge in [-0.1, -0.05) is 6.92 Å². The van der Waals surface area contributed by atoms with Gasteiger partial charge in [0.15, 0.2) is 5.13 Å². The molecule has 1 aliphatic rings. The molecule has 3 amide bonds. The molecule has 0 aliphatic heterocycles. The zero-order chi connectivity index (χ0) is 19.6. The molecule has 1 heterocycles. The van der Waals surface area contributed by atoms with Gasteiger partial charge in [0.25, 0.3) is 5.91 Å². The minimum atomic E-state index is -0.340. The van der Waals surface area contributed by atoms with Crippen LogP contribution in [0, 0.1) is 5.92 Å². The quantitative estimate of drug-likeness (QED) is 0.749. The van der Waals surface area contributed by atoms with E-state index in [4.69, 9.17) is 0 Å². The number of carbonyl (C=O) groups is 3. The third-order valence-corrected chi connectivity index (χ3v) is 5.28. The summed E-state index contributed by atoms with van der Waals surface area (Å²) in [5.41, 5.74) is 2.27. The number of hydrogen-bond donors (Lipinski definition) is 3. The Hall–Kier alpha value is -2.74. The zero-order valence-corrected chi connectivity index (χ0v) is 16.3. The van der Waals surface area contributed by atoms with E-state index in [1.165, 1.54) is 30.1 Å². The molecule has 0 radical (unpaired) electrons. The number of hydrogen-bond acceptors (Lipinski definition) is 5. The van der Waals surface area contributed by atoms with E-state index in [1.54, 1.807) is 18.2 Å². The van der Waals surface area contributed by atoms with Gasteiger partial charge in [-0.3, -0.25) is 19.7 Å². The van der Waals surface area contributed by atoms with Crippen LogP contribution in [-0.4, -0.2) is 22.7 Å². The Bertz CT molecular complexity index is 872. The summed E-state index contributed by atoms with van der Waals surface area (Å²) in [6, 6.07) is 4.73. The highest BCUT2D eigenvalue weighted by atomic mass is 32.1. The van der Waals surface area contributed by atoms with E-state index in [-0.39, 0.29) is 17.7 Å². The van der Waals surface area contributed by atoms with Crippen molar-refractivity contribution >= 4 is 45.6 Å². The maximum atomic E-state index is 12.7. The summed E-state index contributed by atoms with van der Waals surface area (Å²) in [7, 11) is 0. The number of aromatic nitrogens is 1. The first-order valence-corrected chi connectivity index (χ1v) is 9.62. The third-order valence-electron chi connectivity index (χ3n) is 4.24. The number of nitrogens with one attached hydrogen (secondary N) is 3. The zero-order valence-electron chi connectivity index (χ0n) is 15.5. The van der Waals surface area contributed by atoms with Crippen LogP contribution in [0.25, 0.3) is 0 Å². The van der Waals surface area contributed by atoms with Gasteiger partial charge in [0.1, 0.15) is 0 Å². The number of fused-ring (bicyclic) bond motifs is 1. The molecule has 1 atom stereocenters. The molecule has 8 heteroatoms. The normalized spacial score (nSPS) is 15.6. The standard InChI is InChI=1S/C19H22N4O3S/c1-10-4-5-16-17(6-10)27-19(22-16)23-18(26)13-7-14(20-11(2)24)9-15(8-13)21-12(3)25/h7-10H,4-6H2,1-3H3,(H,20,24)(H,21,25)(H,22,23,26). The largest absolute Gasteiger partial charge is 0.326 e. The minimum Gasteiger partial charge on any atom is -0.326 e. The fraction of sp³-hybridized carbons (Fsp3) is 0.368. The number of thiazole rings is 1. The van der Waals surface area contributed by atoms with Crippen LogP contribution in [0.2, 0.25) is 0 Å². The molecule has 1 aromatic carbocycles. The summed E-state index contributed by atoms with van der Waals surface area (Å²) in [5.74, 6) is -0.227. The lowest BCUT2D eigenvalue weighted by Crippen LogP contribution is -2.15. The molecule has 0 saturated heterocycles. The van der Waals surface area contributed by atoms with Crippen molar-refractivity contribution in [2.24, 2.45) is 5.92 Å². The van der Waals surface area contributed by atoms with Crippen LogP contribution in [-0.2, 0) is 22.4 Å². The van der Waals surface area contributed by atoms with Crippen molar-refractivity contribution in [1.29, 1.82) is 0 Å². The molecule has 2 aromatic rings. The van der Waals surface area contributed by atoms with Crippen molar-refractivity contribution in [2.45, 2.75) is 40.0 Å². The number of nitrogens with zero attached hydrogens (tertiary/aromatic N) is 1. The molecule has 0 spiro atoms. The van der Waals surface area contributed by atoms with E-state index in [2.05, 4.69) is 27.9 Å². The molecule has 0 saturated carbocycles. The summed E-state index contributed by atoms with van der Waals surface area (Å²) in [4.78, 5) is 41.2. The Balaban J connectivity index is 1.82. The Morgan fingerprint density at radius 1 is 1.04 bits per heavy atom. The molecule has 1 aliphatic carbocycles. The van der Waals surface area contributed by atoms with E-state index in [0.29, 0.717) is 28.0 Å². The van der Waals surface area contributed by atoms with Crippen LogP contribution >= 0.6 is 11.3 Å². The van der Waals surface area contributed by atoms with Crippen molar-refractivity contribution in [3.63, 3.8) is 0 Å². The van der Waals surface area contributed by atoms with E-state index < -0.39 is 0 Å². The number of anilines is 3. The fourth-order valence-electron chi connectivity index (χ4n) is 3.07. The van der Waals surface area contributed by atoms with Crippen LogP contribution in [0.15, 0.2) is 18.2 Å². The highest BCUT2D eigenvalue weighted by Crippen LogP contribution is 2.32. The molecule has 7 nitrogen and oxygen atoms in total. The summed E-state index contributed by atoms with van der Waals surface area (Å²) in [6.45, 7) is 4.98. The molecular weight excluding hydrogens is 364 g/mol. The van der Waals surface area contributed by atoms with Gasteiger partial charge in [0.05, 0.1) is 5.69 Å². The lowest BCUT2D eigenvalue weighted by atomic mass is 9.93. The molecule has 0 bridgehead atoms. The monoisotopic (exact) mass is 386 g/mol. The number of amides is 3. The van der Waals surface area contributed by atoms with Crippen molar-refractivity contribution < 1.29 is 14.4 Å². The van der Waals surface area contributed by atoms with Crippen molar-refractivity contribution in [3.8, 4) is 0 Å². The fourth-order valence-corrected chi connectivity index (χ4v) is 4.24. The summed E-state index contributed by atoms with van der Waals surface area (Å²) < 4.78 is 0. The first-order chi connectivity index (χ1) is 12.8. The SMILES string of the molecule is CC(=O)Nc1cc(NC(C)=O)cc(C(=O)Nc2nc3c(s2)CC(C)CC3)c1. The highest BCUT2D eigenvalue weighted by molar-refractivity contribution is 7.15. The maximum absolute atomic E-state index is 12.7. The lowest BCUT2D eigenvalue weighted by molar-refractivity contribution is -0.115. The van der Waals surface area contributed by atoms with Crippen LogP contribution < -0.4 is 16.0 Å². The molecule has 1 aromatic heterocycles. The first-order valence-electron chi connectivity index (χ1n) is 8.80. The number of aryl methyl sites for hydroxylation is 1. The molecule has 3 N–H and O–H groups in total. The van der Waals surface area contributed by atoms with Crippen molar-refractivity contribution in [2.75, 3.05) is 16.0 Å². The van der Waals surface area contributed by atoms with Crippen molar-refractivity contribution in [1.82, 2.24) is 4.98 Å². The Labute approximate surface area is 161 Å². The van der Waals surface area contributed by atoms with Crippen LogP contribution in [0.4, 0.5) is 16.5 Å². The number of carbonyl (C=O) groups excluding carboxylic acids is 3. The molecule has 0 fully saturated rings. The van der Waals surface area contributed by atoms with E-state index in [9.17, 15) is 14.4 Å². The van der Waals surface area contributed by atoms with Gasteiger partial charge in [0, 0.05) is 35.7 Å². The smallest absolute Gasteiger partial charge is 0.257 e. The molecule has 1 unspecified atom stereocenters. The topological polar surface area (TPSA) is 100 Å². The van der Waals surface area contributed by atoms with Gasteiger partial charge in [-0.25, -0.2) is 4.98 Å². The Morgan fingerprint density at radius 2 is 1.67 bits per heavy atom. The van der Waals surface area contributed by atoms with Gasteiger partial charge in [-0.05, 0) is 43.4 Å². The third kappa shape index (κ3) is 4.91. The van der Waals surface area contributed by atoms with Crippen LogP contribution in [0.3, 0.4) is 0 Å². The maximum Gasteiger partial charge on any atom is 0.257 e. The van der Waals surface area contributed by atoms with Gasteiger partial charge in [0.2, 0.25) is 11.8 Å². The summed E-state index contributed by atoms with van der Waals surface area (Å²) in [6.07, 6.45) is 3.05. The summed E-state index contributed by atoms with van der Waals surface area (Å²) in [5, 5.41) is 8.69. The number of benzene rings is 1. The second-order valence-electron chi connectivity index (χ2n) is 6.85. The van der Waals surface area contributed by atoms with Crippen LogP contribution in [0.5, 0.6) is 0 Å². The molecule has 27 heavy (non-hydrogen) atoms. The van der Waals surface area contributed by atoms with E-state index in [1.807, 2.05) is 0 Å². The average Bonchev–Trinajstić information content (AvgIpc) is 2.94. The van der Waals surface area contributed by atoms with Gasteiger partial charge >= 0.3 is 0 Å². The minimum absolute atomic E-state index is 0.261. The van der Waals surface area contributed by atoms with Gasteiger partial charge in [-0.2, -0.15) is 0 Å². The molecule has 142 valence electrons. The van der Waals surface area contributed by atoms with Crippen LogP contribution in [0.1, 0.15) is 48.1 Å². The van der Waals surface area contributed by atoms with E-state index >= 15 is 0 Å². The van der Waals surface area contributed by atoms with Crippen molar-refractivity contribution in [3.05, 3.63) is 34.3 Å². The predicted molar refractivity (Wildman–Crippen MR) is 106 cm³/mol. The predicted octanol–water partition coefficient (Wildman–Crippen LogP) is 3.44. The second kappa shape index (κ2) is 7.87. The van der Waals surface area contributed by atoms with Gasteiger partial charge < -0.3 is 10.6 Å². The average molecular weight is 386 g/mol. The lowest BCUT2D eigenvalue weighted by Gasteiger charge is -2.15. The molecular formula is C19H22N4O3S. The number of rotatable bonds is 4. The van der Waals surface area contributed by atoms with Gasteiger partial charge in [-0.15, -0.1) is 11.3 Å². The summed E-state index contributed by atoms with van der Waals surface area (Å²) >= 11 is 1.51. The highest BCUT2D eigenvalue weighted by Gasteiger charge is 2.21. The first kappa shape index (κ1) is 19.0. The Morgan fingerprint density at radius 3 is 2.26 bits per heavy atom.